The van der Waals surface area contributed by atoms with Gasteiger partial charge < -0.3 is 25.6 Å². The molecule has 0 spiro atoms. The average Bonchev–Trinajstić information content (AvgIpc) is 3.18. The van der Waals surface area contributed by atoms with Gasteiger partial charge in [-0.3, -0.25) is 29.1 Å². The van der Waals surface area contributed by atoms with Crippen molar-refractivity contribution in [3.05, 3.63) is 83.2 Å². The molecule has 0 unspecified atom stereocenters. The minimum Gasteiger partial charge on any atom is -0.444 e. The summed E-state index contributed by atoms with van der Waals surface area (Å²) in [4.78, 5) is 66.2. The lowest BCUT2D eigenvalue weighted by molar-refractivity contribution is -0.122. The Morgan fingerprint density at radius 3 is 2.26 bits per heavy atom. The van der Waals surface area contributed by atoms with Crippen LogP contribution >= 0.6 is 0 Å². The van der Waals surface area contributed by atoms with Gasteiger partial charge in [0.05, 0.1) is 12.2 Å². The second-order valence-corrected chi connectivity index (χ2v) is 16.3. The van der Waals surface area contributed by atoms with Crippen molar-refractivity contribution < 1.29 is 23.9 Å². The minimum absolute atomic E-state index is 0.0722. The molecule has 2 aliphatic rings. The van der Waals surface area contributed by atoms with Gasteiger partial charge in [-0.1, -0.05) is 61.0 Å². The summed E-state index contributed by atoms with van der Waals surface area (Å²) in [7, 11) is 1.87. The maximum Gasteiger partial charge on any atom is 0.411 e. The van der Waals surface area contributed by atoms with Crippen LogP contribution in [0.3, 0.4) is 0 Å². The number of likely N-dealkylation sites (tertiary alicyclic amines) is 1. The first-order valence-electron chi connectivity index (χ1n) is 20.4. The molecule has 0 bridgehead atoms. The molecule has 5 rings (SSSR count). The number of anilines is 1. The lowest BCUT2D eigenvalue weighted by atomic mass is 9.96. The van der Waals surface area contributed by atoms with E-state index in [1.807, 2.05) is 55.3 Å². The second-order valence-electron chi connectivity index (χ2n) is 16.3. The van der Waals surface area contributed by atoms with Crippen molar-refractivity contribution in [1.29, 1.82) is 0 Å². The number of nitrogens with zero attached hydrogens (tertiary/aromatic N) is 5. The maximum atomic E-state index is 14.2. The molecule has 2 fully saturated rings. The highest BCUT2D eigenvalue weighted by molar-refractivity contribution is 6.04. The molecule has 2 aliphatic heterocycles. The van der Waals surface area contributed by atoms with Crippen molar-refractivity contribution in [2.24, 2.45) is 5.92 Å². The predicted octanol–water partition coefficient (Wildman–Crippen LogP) is 4.80. The number of pyridine rings is 1. The summed E-state index contributed by atoms with van der Waals surface area (Å²) >= 11 is 0. The molecule has 308 valence electrons. The van der Waals surface area contributed by atoms with E-state index in [0.717, 1.165) is 86.3 Å². The first-order chi connectivity index (χ1) is 27.3. The summed E-state index contributed by atoms with van der Waals surface area (Å²) in [6, 6.07) is 17.7. The Balaban J connectivity index is 1.25. The fraction of sp³-hybridized carbons (Fsp3) is 0.523. The number of benzene rings is 2. The smallest absolute Gasteiger partial charge is 0.411 e. The molecule has 3 aromatic rings. The molecule has 13 nitrogen and oxygen atoms in total. The number of aryl methyl sites for hydroxylation is 2. The summed E-state index contributed by atoms with van der Waals surface area (Å²) in [6.07, 6.45) is 4.03. The Hall–Kier alpha value is -4.85. The quantitative estimate of drug-likeness (QED) is 0.186. The number of nitrogens with one attached hydrogen (secondary N) is 3. The minimum atomic E-state index is -0.754. The van der Waals surface area contributed by atoms with Gasteiger partial charge in [-0.05, 0) is 95.8 Å². The number of hydrogen-bond donors (Lipinski definition) is 3. The van der Waals surface area contributed by atoms with Crippen LogP contribution in [0.4, 0.5) is 10.5 Å². The van der Waals surface area contributed by atoms with Crippen molar-refractivity contribution in [3.63, 3.8) is 0 Å². The van der Waals surface area contributed by atoms with E-state index < -0.39 is 17.6 Å². The summed E-state index contributed by atoms with van der Waals surface area (Å²) < 4.78 is 5.69. The van der Waals surface area contributed by atoms with Gasteiger partial charge >= 0.3 is 6.09 Å². The number of amides is 4. The number of rotatable bonds is 15. The van der Waals surface area contributed by atoms with E-state index in [0.29, 0.717) is 37.8 Å². The van der Waals surface area contributed by atoms with Gasteiger partial charge in [-0.25, -0.2) is 9.78 Å². The first-order valence-corrected chi connectivity index (χ1v) is 20.4. The molecule has 3 N–H and O–H groups in total. The summed E-state index contributed by atoms with van der Waals surface area (Å²) in [5.74, 6) is -0.0924. The number of piperazine rings is 1. The van der Waals surface area contributed by atoms with Crippen LogP contribution in [0, 0.1) is 12.8 Å². The van der Waals surface area contributed by atoms with Gasteiger partial charge in [0.2, 0.25) is 11.8 Å². The van der Waals surface area contributed by atoms with Gasteiger partial charge in [0.1, 0.15) is 12.1 Å². The fourth-order valence-corrected chi connectivity index (χ4v) is 7.33. The van der Waals surface area contributed by atoms with Crippen molar-refractivity contribution in [1.82, 2.24) is 35.2 Å². The monoisotopic (exact) mass is 782 g/mol. The molecule has 57 heavy (non-hydrogen) atoms. The van der Waals surface area contributed by atoms with E-state index in [2.05, 4.69) is 49.8 Å². The zero-order chi connectivity index (χ0) is 41.0. The molecule has 13 heteroatoms. The van der Waals surface area contributed by atoms with Crippen LogP contribution in [0.1, 0.15) is 67.7 Å². The Labute approximate surface area is 338 Å². The highest BCUT2D eigenvalue weighted by Crippen LogP contribution is 2.27. The van der Waals surface area contributed by atoms with Crippen molar-refractivity contribution >= 4 is 29.5 Å². The Morgan fingerprint density at radius 1 is 0.860 bits per heavy atom. The van der Waals surface area contributed by atoms with Crippen LogP contribution in [0.15, 0.2) is 60.8 Å². The van der Waals surface area contributed by atoms with Crippen molar-refractivity contribution in [2.75, 3.05) is 84.4 Å². The number of carbonyl (C=O) groups excluding carboxylic acids is 4. The Bertz CT molecular complexity index is 1830. The second kappa shape index (κ2) is 20.5. The molecular formula is C44H62N8O5. The third-order valence-electron chi connectivity index (χ3n) is 10.4. The van der Waals surface area contributed by atoms with E-state index in [1.54, 1.807) is 33.0 Å². The molecule has 0 atom stereocenters. The largest absolute Gasteiger partial charge is 0.444 e. The van der Waals surface area contributed by atoms with Crippen LogP contribution < -0.4 is 16.0 Å². The lowest BCUT2D eigenvalue weighted by Gasteiger charge is -2.38. The summed E-state index contributed by atoms with van der Waals surface area (Å²) in [5.41, 5.74) is 4.48. The number of carbonyl (C=O) groups is 4. The maximum absolute atomic E-state index is 14.2. The molecule has 1 aromatic heterocycles. The lowest BCUT2D eigenvalue weighted by Crippen LogP contribution is -2.51. The molecular weight excluding hydrogens is 721 g/mol. The van der Waals surface area contributed by atoms with E-state index in [4.69, 9.17) is 4.74 Å². The van der Waals surface area contributed by atoms with Crippen molar-refractivity contribution in [2.45, 2.75) is 66.0 Å². The van der Waals surface area contributed by atoms with Gasteiger partial charge in [0.25, 0.3) is 5.91 Å². The normalized spacial score (nSPS) is 15.6. The molecule has 2 saturated heterocycles. The topological polar surface area (TPSA) is 139 Å². The molecule has 0 saturated carbocycles. The first kappa shape index (κ1) is 43.3. The highest BCUT2D eigenvalue weighted by atomic mass is 16.6. The van der Waals surface area contributed by atoms with Crippen LogP contribution in [0.2, 0.25) is 0 Å². The molecule has 4 amide bonds. The number of ether oxygens (including phenoxy) is 1. The molecule has 0 aliphatic carbocycles. The van der Waals surface area contributed by atoms with Gasteiger partial charge in [-0.2, -0.15) is 0 Å². The number of piperidine rings is 1. The third-order valence-corrected chi connectivity index (χ3v) is 10.4. The van der Waals surface area contributed by atoms with Crippen LogP contribution in [-0.4, -0.2) is 133 Å². The van der Waals surface area contributed by atoms with E-state index >= 15 is 0 Å². The summed E-state index contributed by atoms with van der Waals surface area (Å²) in [6.45, 7) is 16.5. The molecule has 3 heterocycles. The van der Waals surface area contributed by atoms with Crippen LogP contribution in [-0.2, 0) is 27.3 Å². The Morgan fingerprint density at radius 2 is 1.58 bits per heavy atom. The van der Waals surface area contributed by atoms with Gasteiger partial charge in [0, 0.05) is 64.1 Å². The van der Waals surface area contributed by atoms with Crippen molar-refractivity contribution in [3.8, 4) is 11.1 Å². The number of aromatic nitrogens is 1. The fourth-order valence-electron chi connectivity index (χ4n) is 7.33. The van der Waals surface area contributed by atoms with Gasteiger partial charge in [-0.15, -0.1) is 0 Å². The van der Waals surface area contributed by atoms with Crippen LogP contribution in [0.5, 0.6) is 0 Å². The van der Waals surface area contributed by atoms with Gasteiger partial charge in [0.15, 0.2) is 5.69 Å². The van der Waals surface area contributed by atoms with E-state index in [1.165, 1.54) is 4.90 Å². The number of likely N-dealkylation sites (N-methyl/N-ethyl adjacent to an activating group) is 1. The predicted molar refractivity (Wildman–Crippen MR) is 224 cm³/mol. The highest BCUT2D eigenvalue weighted by Gasteiger charge is 2.30. The average molecular weight is 783 g/mol. The zero-order valence-electron chi connectivity index (χ0n) is 34.7. The molecule has 2 aromatic carbocycles. The van der Waals surface area contributed by atoms with E-state index in [-0.39, 0.29) is 30.6 Å². The standard InChI is InChI=1S/C44H62N8O5/c1-7-33-11-9-13-36(25-33)37-26-38(48-40(54)31-52(43(56)57-44(3,4)5)29-35-12-8-10-32(2)24-35)41(47-27-37)42(55)51-22-20-50(21-23-51)28-34-14-18-49(19-15-34)30-39(53)46-17-16-45-6/h8-13,24-27,34,45H,7,14-23,28-31H2,1-6H3,(H,46,53)(H,48,54). The third kappa shape index (κ3) is 13.4. The van der Waals surface area contributed by atoms with Crippen LogP contribution in [0.25, 0.3) is 11.1 Å². The zero-order valence-corrected chi connectivity index (χ0v) is 34.7. The Kier molecular flexibility index (Phi) is 15.6. The van der Waals surface area contributed by atoms with E-state index in [9.17, 15) is 19.2 Å². The number of hydrogen-bond acceptors (Lipinski definition) is 9. The summed E-state index contributed by atoms with van der Waals surface area (Å²) in [5, 5.41) is 8.97. The molecule has 0 radical (unpaired) electrons. The SMILES string of the molecule is CCc1cccc(-c2cnc(C(=O)N3CCN(CC4CCN(CC(=O)NCCNC)CC4)CC3)c(NC(=O)CN(Cc3cccc(C)c3)C(=O)OC(C)(C)C)c2)c1.